The van der Waals surface area contributed by atoms with Crippen LogP contribution in [-0.2, 0) is 11.3 Å². The second kappa shape index (κ2) is 6.08. The Labute approximate surface area is 136 Å². The Morgan fingerprint density at radius 2 is 1.96 bits per heavy atom. The van der Waals surface area contributed by atoms with E-state index < -0.39 is 11.6 Å². The highest BCUT2D eigenvalue weighted by atomic mass is 16.5. The van der Waals surface area contributed by atoms with Gasteiger partial charge in [0.2, 0.25) is 0 Å². The standard InChI is InChI=1S/C18H14O6/c1-10-15(20)6-5-14-12(8-16(21)24-17(10)14)9-23-18(22)11-3-2-4-13(19)7-11/h2-8,19-20H,9H2,1H3. The van der Waals surface area contributed by atoms with E-state index in [-0.39, 0.29) is 29.3 Å². The number of aromatic hydroxyl groups is 2. The number of hydrogen-bond acceptors (Lipinski definition) is 6. The highest BCUT2D eigenvalue weighted by Gasteiger charge is 2.13. The minimum absolute atomic E-state index is 0.0135. The van der Waals surface area contributed by atoms with E-state index in [9.17, 15) is 19.8 Å². The minimum Gasteiger partial charge on any atom is -0.508 e. The molecule has 0 unspecified atom stereocenters. The summed E-state index contributed by atoms with van der Waals surface area (Å²) in [4.78, 5) is 23.7. The van der Waals surface area contributed by atoms with Crippen LogP contribution >= 0.6 is 0 Å². The quantitative estimate of drug-likeness (QED) is 0.567. The summed E-state index contributed by atoms with van der Waals surface area (Å²) in [6.45, 7) is 1.49. The average molecular weight is 326 g/mol. The topological polar surface area (TPSA) is 97.0 Å². The van der Waals surface area contributed by atoms with Gasteiger partial charge in [0, 0.05) is 22.6 Å². The third-order valence-electron chi connectivity index (χ3n) is 3.66. The third kappa shape index (κ3) is 2.94. The minimum atomic E-state index is -0.622. The zero-order valence-electron chi connectivity index (χ0n) is 12.8. The lowest BCUT2D eigenvalue weighted by Gasteiger charge is -2.09. The largest absolute Gasteiger partial charge is 0.508 e. The molecule has 0 aliphatic heterocycles. The fourth-order valence-electron chi connectivity index (χ4n) is 2.39. The number of aryl methyl sites for hydroxylation is 1. The predicted octanol–water partition coefficient (Wildman–Crippen LogP) is 2.87. The maximum Gasteiger partial charge on any atom is 0.338 e. The van der Waals surface area contributed by atoms with Crippen LogP contribution in [0.2, 0.25) is 0 Å². The molecule has 2 aromatic carbocycles. The molecule has 24 heavy (non-hydrogen) atoms. The molecule has 0 aliphatic rings. The second-order valence-electron chi connectivity index (χ2n) is 5.30. The molecule has 0 saturated heterocycles. The lowest BCUT2D eigenvalue weighted by molar-refractivity contribution is 0.0473. The van der Waals surface area contributed by atoms with Crippen molar-refractivity contribution < 1.29 is 24.2 Å². The first kappa shape index (κ1) is 15.6. The van der Waals surface area contributed by atoms with Gasteiger partial charge in [-0.3, -0.25) is 0 Å². The summed E-state index contributed by atoms with van der Waals surface area (Å²) in [5.74, 6) is -0.649. The average Bonchev–Trinajstić information content (AvgIpc) is 2.56. The maximum absolute atomic E-state index is 12.0. The number of esters is 1. The van der Waals surface area contributed by atoms with Crippen molar-refractivity contribution in [3.63, 3.8) is 0 Å². The van der Waals surface area contributed by atoms with Crippen molar-refractivity contribution in [2.75, 3.05) is 0 Å². The molecule has 3 aromatic rings. The Morgan fingerprint density at radius 3 is 2.71 bits per heavy atom. The van der Waals surface area contributed by atoms with Crippen LogP contribution in [0.3, 0.4) is 0 Å². The van der Waals surface area contributed by atoms with Crippen LogP contribution in [0.25, 0.3) is 11.0 Å². The highest BCUT2D eigenvalue weighted by molar-refractivity contribution is 5.90. The van der Waals surface area contributed by atoms with Crippen molar-refractivity contribution in [3.05, 3.63) is 69.6 Å². The molecule has 0 saturated carbocycles. The Morgan fingerprint density at radius 1 is 1.17 bits per heavy atom. The molecular formula is C18H14O6. The second-order valence-corrected chi connectivity index (χ2v) is 5.30. The van der Waals surface area contributed by atoms with Crippen LogP contribution in [-0.4, -0.2) is 16.2 Å². The van der Waals surface area contributed by atoms with Crippen LogP contribution in [0.15, 0.2) is 51.7 Å². The Kier molecular flexibility index (Phi) is 3.95. The number of hydrogen-bond donors (Lipinski definition) is 2. The number of phenols is 2. The van der Waals surface area contributed by atoms with Crippen molar-refractivity contribution in [1.29, 1.82) is 0 Å². The van der Waals surface area contributed by atoms with Crippen LogP contribution in [0, 0.1) is 6.92 Å². The van der Waals surface area contributed by atoms with Gasteiger partial charge in [-0.25, -0.2) is 9.59 Å². The van der Waals surface area contributed by atoms with Gasteiger partial charge >= 0.3 is 11.6 Å². The van der Waals surface area contributed by atoms with E-state index in [1.165, 1.54) is 36.4 Å². The molecule has 0 bridgehead atoms. The third-order valence-corrected chi connectivity index (χ3v) is 3.66. The Balaban J connectivity index is 1.92. The normalized spacial score (nSPS) is 10.7. The van der Waals surface area contributed by atoms with Gasteiger partial charge in [-0.15, -0.1) is 0 Å². The van der Waals surface area contributed by atoms with Crippen molar-refractivity contribution in [2.45, 2.75) is 13.5 Å². The molecule has 2 N–H and O–H groups in total. The van der Waals surface area contributed by atoms with Crippen molar-refractivity contribution in [1.82, 2.24) is 0 Å². The molecule has 6 heteroatoms. The maximum atomic E-state index is 12.0. The summed E-state index contributed by atoms with van der Waals surface area (Å²) in [5, 5.41) is 19.7. The summed E-state index contributed by atoms with van der Waals surface area (Å²) in [5.41, 5.74) is 0.769. The molecule has 1 heterocycles. The van der Waals surface area contributed by atoms with Crippen LogP contribution in [0.5, 0.6) is 11.5 Å². The number of rotatable bonds is 3. The lowest BCUT2D eigenvalue weighted by Crippen LogP contribution is -2.08. The zero-order valence-corrected chi connectivity index (χ0v) is 12.8. The monoisotopic (exact) mass is 326 g/mol. The van der Waals surface area contributed by atoms with E-state index in [1.807, 2.05) is 0 Å². The van der Waals surface area contributed by atoms with E-state index in [0.717, 1.165) is 0 Å². The van der Waals surface area contributed by atoms with Gasteiger partial charge in [0.25, 0.3) is 0 Å². The summed E-state index contributed by atoms with van der Waals surface area (Å²) >= 11 is 0. The molecule has 0 aliphatic carbocycles. The van der Waals surface area contributed by atoms with Gasteiger partial charge in [-0.1, -0.05) is 6.07 Å². The fraction of sp³-hybridized carbons (Fsp3) is 0.111. The molecule has 0 amide bonds. The molecule has 0 fully saturated rings. The first-order valence-electron chi connectivity index (χ1n) is 7.17. The van der Waals surface area contributed by atoms with Crippen LogP contribution < -0.4 is 5.63 Å². The molecule has 0 spiro atoms. The molecule has 0 radical (unpaired) electrons. The zero-order chi connectivity index (χ0) is 17.3. The number of carbonyl (C=O) groups excluding carboxylic acids is 1. The Hall–Kier alpha value is -3.28. The number of benzene rings is 2. The molecule has 122 valence electrons. The Bertz CT molecular complexity index is 986. The number of phenolic OH excluding ortho intramolecular Hbond substituents is 2. The first-order valence-corrected chi connectivity index (χ1v) is 7.17. The van der Waals surface area contributed by atoms with E-state index in [2.05, 4.69) is 0 Å². The van der Waals surface area contributed by atoms with Crippen LogP contribution in [0.4, 0.5) is 0 Å². The highest BCUT2D eigenvalue weighted by Crippen LogP contribution is 2.27. The molecular weight excluding hydrogens is 312 g/mol. The fourth-order valence-corrected chi connectivity index (χ4v) is 2.39. The number of fused-ring (bicyclic) bond motifs is 1. The van der Waals surface area contributed by atoms with Gasteiger partial charge in [0.1, 0.15) is 23.7 Å². The molecule has 3 rings (SSSR count). The van der Waals surface area contributed by atoms with Crippen LogP contribution in [0.1, 0.15) is 21.5 Å². The first-order chi connectivity index (χ1) is 11.5. The SMILES string of the molecule is Cc1c(O)ccc2c(COC(=O)c3cccc(O)c3)cc(=O)oc12. The van der Waals surface area contributed by atoms with Gasteiger partial charge < -0.3 is 19.4 Å². The van der Waals surface area contributed by atoms with E-state index >= 15 is 0 Å². The molecule has 0 atom stereocenters. The summed E-state index contributed by atoms with van der Waals surface area (Å²) in [7, 11) is 0. The van der Waals surface area contributed by atoms with Gasteiger partial charge in [0.15, 0.2) is 0 Å². The lowest BCUT2D eigenvalue weighted by atomic mass is 10.1. The van der Waals surface area contributed by atoms with Crippen molar-refractivity contribution in [2.24, 2.45) is 0 Å². The van der Waals surface area contributed by atoms with Crippen molar-refractivity contribution >= 4 is 16.9 Å². The molecule has 1 aromatic heterocycles. The van der Waals surface area contributed by atoms with E-state index in [0.29, 0.717) is 16.5 Å². The van der Waals surface area contributed by atoms with E-state index in [1.54, 1.807) is 13.0 Å². The van der Waals surface area contributed by atoms with E-state index in [4.69, 9.17) is 9.15 Å². The summed E-state index contributed by atoms with van der Waals surface area (Å²) < 4.78 is 10.3. The summed E-state index contributed by atoms with van der Waals surface area (Å²) in [6.07, 6.45) is 0. The van der Waals surface area contributed by atoms with Gasteiger partial charge in [-0.2, -0.15) is 0 Å². The van der Waals surface area contributed by atoms with Crippen molar-refractivity contribution in [3.8, 4) is 11.5 Å². The number of ether oxygens (including phenoxy) is 1. The van der Waals surface area contributed by atoms with Gasteiger partial charge in [-0.05, 0) is 37.3 Å². The number of carbonyl (C=O) groups is 1. The predicted molar refractivity (Wildman–Crippen MR) is 86.1 cm³/mol. The smallest absolute Gasteiger partial charge is 0.338 e. The van der Waals surface area contributed by atoms with Gasteiger partial charge in [0.05, 0.1) is 5.56 Å². The summed E-state index contributed by atoms with van der Waals surface area (Å²) in [6, 6.07) is 10.1. The molecule has 6 nitrogen and oxygen atoms in total.